The van der Waals surface area contributed by atoms with Crippen LogP contribution in [-0.4, -0.2) is 10.1 Å². The summed E-state index contributed by atoms with van der Waals surface area (Å²) in [6.07, 6.45) is 3.01. The molecule has 0 saturated heterocycles. The smallest absolute Gasteiger partial charge is 0.0779 e. The van der Waals surface area contributed by atoms with Crippen LogP contribution in [0.3, 0.4) is 0 Å². The van der Waals surface area contributed by atoms with Crippen molar-refractivity contribution < 1.29 is 5.11 Å². The molecule has 0 saturated carbocycles. The van der Waals surface area contributed by atoms with Gasteiger partial charge in [-0.3, -0.25) is 4.98 Å². The SMILES string of the molecule is Cc1ccncc1[C@H](C)O. The van der Waals surface area contributed by atoms with E-state index in [-0.39, 0.29) is 0 Å². The summed E-state index contributed by atoms with van der Waals surface area (Å²) in [6, 6.07) is 1.89. The van der Waals surface area contributed by atoms with E-state index in [0.717, 1.165) is 11.1 Å². The molecule has 1 heterocycles. The Hall–Kier alpha value is -0.890. The van der Waals surface area contributed by atoms with Gasteiger partial charge in [0.2, 0.25) is 0 Å². The number of rotatable bonds is 1. The Bertz CT molecular complexity index is 220. The number of hydrogen-bond donors (Lipinski definition) is 1. The Kier molecular flexibility index (Phi) is 2.02. The third-order valence-corrected chi connectivity index (χ3v) is 1.53. The molecule has 54 valence electrons. The van der Waals surface area contributed by atoms with Crippen LogP contribution in [0, 0.1) is 6.92 Å². The Morgan fingerprint density at radius 3 is 2.70 bits per heavy atom. The van der Waals surface area contributed by atoms with Crippen molar-refractivity contribution in [3.8, 4) is 0 Å². The van der Waals surface area contributed by atoms with Gasteiger partial charge in [-0.05, 0) is 25.5 Å². The van der Waals surface area contributed by atoms with Gasteiger partial charge in [0.15, 0.2) is 0 Å². The van der Waals surface area contributed by atoms with Crippen LogP contribution in [0.1, 0.15) is 24.2 Å². The van der Waals surface area contributed by atoms with Gasteiger partial charge in [-0.25, -0.2) is 0 Å². The van der Waals surface area contributed by atoms with Crippen molar-refractivity contribution >= 4 is 0 Å². The van der Waals surface area contributed by atoms with E-state index in [0.29, 0.717) is 0 Å². The van der Waals surface area contributed by atoms with Gasteiger partial charge in [0.25, 0.3) is 0 Å². The summed E-state index contributed by atoms with van der Waals surface area (Å²) in [7, 11) is 0. The van der Waals surface area contributed by atoms with Gasteiger partial charge >= 0.3 is 0 Å². The standard InChI is InChI=1S/C8H11NO/c1-6-3-4-9-5-8(6)7(2)10/h3-5,7,10H,1-2H3/t7-/m0/s1. The number of aryl methyl sites for hydroxylation is 1. The number of aliphatic hydroxyl groups excluding tert-OH is 1. The first-order valence-corrected chi connectivity index (χ1v) is 3.30. The van der Waals surface area contributed by atoms with Gasteiger partial charge in [0.1, 0.15) is 0 Å². The average molecular weight is 137 g/mol. The van der Waals surface area contributed by atoms with Crippen LogP contribution in [0.2, 0.25) is 0 Å². The largest absolute Gasteiger partial charge is 0.389 e. The lowest BCUT2D eigenvalue weighted by atomic mass is 10.1. The number of hydrogen-bond acceptors (Lipinski definition) is 2. The first kappa shape index (κ1) is 7.22. The number of aliphatic hydroxyl groups is 1. The molecule has 10 heavy (non-hydrogen) atoms. The summed E-state index contributed by atoms with van der Waals surface area (Å²) < 4.78 is 0. The second-order valence-electron chi connectivity index (χ2n) is 2.41. The fourth-order valence-electron chi connectivity index (χ4n) is 0.914. The highest BCUT2D eigenvalue weighted by atomic mass is 16.3. The maximum Gasteiger partial charge on any atom is 0.0779 e. The molecule has 0 spiro atoms. The zero-order valence-corrected chi connectivity index (χ0v) is 6.20. The van der Waals surface area contributed by atoms with Crippen LogP contribution in [0.15, 0.2) is 18.5 Å². The van der Waals surface area contributed by atoms with E-state index in [9.17, 15) is 0 Å². The lowest BCUT2D eigenvalue weighted by Gasteiger charge is -2.05. The number of nitrogens with zero attached hydrogens (tertiary/aromatic N) is 1. The Labute approximate surface area is 60.5 Å². The highest BCUT2D eigenvalue weighted by Crippen LogP contribution is 2.13. The highest BCUT2D eigenvalue weighted by Gasteiger charge is 2.02. The molecule has 1 aromatic rings. The molecule has 0 aromatic carbocycles. The molecule has 2 nitrogen and oxygen atoms in total. The Balaban J connectivity index is 3.03. The van der Waals surface area contributed by atoms with E-state index in [1.807, 2.05) is 13.0 Å². The summed E-state index contributed by atoms with van der Waals surface area (Å²) >= 11 is 0. The van der Waals surface area contributed by atoms with Crippen molar-refractivity contribution in [1.82, 2.24) is 4.98 Å². The second kappa shape index (κ2) is 2.80. The lowest BCUT2D eigenvalue weighted by molar-refractivity contribution is 0.198. The van der Waals surface area contributed by atoms with E-state index in [4.69, 9.17) is 5.11 Å². The second-order valence-corrected chi connectivity index (χ2v) is 2.41. The normalized spacial score (nSPS) is 13.1. The van der Waals surface area contributed by atoms with Gasteiger partial charge in [0, 0.05) is 18.0 Å². The predicted molar refractivity (Wildman–Crippen MR) is 39.6 cm³/mol. The van der Waals surface area contributed by atoms with E-state index >= 15 is 0 Å². The van der Waals surface area contributed by atoms with Crippen molar-refractivity contribution in [2.24, 2.45) is 0 Å². The summed E-state index contributed by atoms with van der Waals surface area (Å²) in [5.74, 6) is 0. The lowest BCUT2D eigenvalue weighted by Crippen LogP contribution is -1.94. The zero-order chi connectivity index (χ0) is 7.56. The molecule has 0 unspecified atom stereocenters. The third kappa shape index (κ3) is 1.33. The van der Waals surface area contributed by atoms with Crippen LogP contribution >= 0.6 is 0 Å². The zero-order valence-electron chi connectivity index (χ0n) is 6.20. The van der Waals surface area contributed by atoms with Crippen LogP contribution < -0.4 is 0 Å². The van der Waals surface area contributed by atoms with Crippen molar-refractivity contribution in [1.29, 1.82) is 0 Å². The van der Waals surface area contributed by atoms with Crippen LogP contribution in [0.4, 0.5) is 0 Å². The van der Waals surface area contributed by atoms with E-state index < -0.39 is 6.10 Å². The fraction of sp³-hybridized carbons (Fsp3) is 0.375. The minimum Gasteiger partial charge on any atom is -0.389 e. The van der Waals surface area contributed by atoms with Gasteiger partial charge in [-0.15, -0.1) is 0 Å². The Morgan fingerprint density at radius 2 is 2.30 bits per heavy atom. The van der Waals surface area contributed by atoms with Gasteiger partial charge in [-0.1, -0.05) is 0 Å². The van der Waals surface area contributed by atoms with Gasteiger partial charge < -0.3 is 5.11 Å². The summed E-state index contributed by atoms with van der Waals surface area (Å²) in [4.78, 5) is 3.91. The first-order valence-electron chi connectivity index (χ1n) is 3.30. The minimum absolute atomic E-state index is 0.409. The molecule has 1 atom stereocenters. The highest BCUT2D eigenvalue weighted by molar-refractivity contribution is 5.22. The van der Waals surface area contributed by atoms with Crippen LogP contribution in [0.25, 0.3) is 0 Å². The molecule has 0 radical (unpaired) electrons. The monoisotopic (exact) mass is 137 g/mol. The van der Waals surface area contributed by atoms with E-state index in [1.165, 1.54) is 0 Å². The molecule has 0 aliphatic heterocycles. The van der Waals surface area contributed by atoms with Crippen LogP contribution in [-0.2, 0) is 0 Å². The summed E-state index contributed by atoms with van der Waals surface area (Å²) in [5.41, 5.74) is 1.99. The van der Waals surface area contributed by atoms with E-state index in [2.05, 4.69) is 4.98 Å². The Morgan fingerprint density at radius 1 is 1.60 bits per heavy atom. The number of pyridine rings is 1. The van der Waals surface area contributed by atoms with Crippen molar-refractivity contribution in [2.45, 2.75) is 20.0 Å². The van der Waals surface area contributed by atoms with Crippen LogP contribution in [0.5, 0.6) is 0 Å². The number of aromatic nitrogens is 1. The van der Waals surface area contributed by atoms with E-state index in [1.54, 1.807) is 19.3 Å². The average Bonchev–Trinajstić information content (AvgIpc) is 1.88. The molecule has 0 amide bonds. The molecule has 1 rings (SSSR count). The maximum atomic E-state index is 9.16. The quantitative estimate of drug-likeness (QED) is 0.635. The molecule has 1 N–H and O–H groups in total. The van der Waals surface area contributed by atoms with Crippen molar-refractivity contribution in [3.05, 3.63) is 29.6 Å². The summed E-state index contributed by atoms with van der Waals surface area (Å²) in [5, 5.41) is 9.16. The topological polar surface area (TPSA) is 33.1 Å². The summed E-state index contributed by atoms with van der Waals surface area (Å²) in [6.45, 7) is 3.70. The van der Waals surface area contributed by atoms with Crippen molar-refractivity contribution in [3.63, 3.8) is 0 Å². The van der Waals surface area contributed by atoms with Gasteiger partial charge in [-0.2, -0.15) is 0 Å². The molecule has 2 heteroatoms. The third-order valence-electron chi connectivity index (χ3n) is 1.53. The molecule has 0 aliphatic carbocycles. The predicted octanol–water partition coefficient (Wildman–Crippen LogP) is 1.44. The molecule has 0 fully saturated rings. The molecule has 1 aromatic heterocycles. The maximum absolute atomic E-state index is 9.16. The fourth-order valence-corrected chi connectivity index (χ4v) is 0.914. The molecular formula is C8H11NO. The van der Waals surface area contributed by atoms with Crippen molar-refractivity contribution in [2.75, 3.05) is 0 Å². The minimum atomic E-state index is -0.409. The molecular weight excluding hydrogens is 126 g/mol. The van der Waals surface area contributed by atoms with Gasteiger partial charge in [0.05, 0.1) is 6.10 Å². The first-order chi connectivity index (χ1) is 4.72. The molecule has 0 aliphatic rings. The molecule has 0 bridgehead atoms.